The number of nitrogens with zero attached hydrogens (tertiary/aromatic N) is 1. The fourth-order valence-electron chi connectivity index (χ4n) is 1.74. The van der Waals surface area contributed by atoms with Crippen molar-refractivity contribution in [1.29, 1.82) is 0 Å². The molecule has 0 aliphatic rings. The van der Waals surface area contributed by atoms with E-state index in [0.717, 1.165) is 12.1 Å². The van der Waals surface area contributed by atoms with Crippen molar-refractivity contribution in [2.24, 2.45) is 4.99 Å². The number of benzene rings is 1. The molecule has 0 amide bonds. The SMILES string of the molecule is C=C(C(C=O)/N=C(\CC)c1ccc(OC(F)(F)F)cc1)C(F)(F)F. The Morgan fingerprint density at radius 2 is 1.75 bits per heavy atom. The summed E-state index contributed by atoms with van der Waals surface area (Å²) >= 11 is 0. The van der Waals surface area contributed by atoms with Crippen LogP contribution < -0.4 is 4.74 Å². The normalized spacial score (nSPS) is 14.2. The molecule has 1 aromatic carbocycles. The molecule has 1 aromatic rings. The Labute approximate surface area is 133 Å². The molecule has 0 fully saturated rings. The van der Waals surface area contributed by atoms with Crippen LogP contribution in [0.1, 0.15) is 18.9 Å². The van der Waals surface area contributed by atoms with Crippen molar-refractivity contribution in [2.75, 3.05) is 0 Å². The van der Waals surface area contributed by atoms with Crippen LogP contribution in [0.2, 0.25) is 0 Å². The molecule has 0 radical (unpaired) electrons. The van der Waals surface area contributed by atoms with Gasteiger partial charge in [-0.15, -0.1) is 13.2 Å². The van der Waals surface area contributed by atoms with Crippen LogP contribution in [0.3, 0.4) is 0 Å². The smallest absolute Gasteiger partial charge is 0.406 e. The van der Waals surface area contributed by atoms with E-state index in [1.165, 1.54) is 12.1 Å². The molecule has 3 nitrogen and oxygen atoms in total. The minimum absolute atomic E-state index is 0.00656. The number of ether oxygens (including phenoxy) is 1. The van der Waals surface area contributed by atoms with Crippen LogP contribution in [0.25, 0.3) is 0 Å². The van der Waals surface area contributed by atoms with Crippen molar-refractivity contribution in [1.82, 2.24) is 0 Å². The van der Waals surface area contributed by atoms with Gasteiger partial charge in [0.1, 0.15) is 18.1 Å². The number of carbonyl (C=O) groups excluding carboxylic acids is 1. The van der Waals surface area contributed by atoms with Gasteiger partial charge < -0.3 is 9.53 Å². The van der Waals surface area contributed by atoms with Gasteiger partial charge in [0.05, 0.1) is 5.57 Å². The molecule has 0 N–H and O–H groups in total. The minimum Gasteiger partial charge on any atom is -0.406 e. The van der Waals surface area contributed by atoms with E-state index in [0.29, 0.717) is 0 Å². The number of aldehydes is 1. The molecule has 0 spiro atoms. The summed E-state index contributed by atoms with van der Waals surface area (Å²) in [6, 6.07) is 2.61. The molecule has 0 aliphatic carbocycles. The van der Waals surface area contributed by atoms with Gasteiger partial charge in [0.15, 0.2) is 0 Å². The van der Waals surface area contributed by atoms with Gasteiger partial charge in [0.2, 0.25) is 0 Å². The summed E-state index contributed by atoms with van der Waals surface area (Å²) in [5, 5.41) is 0. The van der Waals surface area contributed by atoms with Gasteiger partial charge in [-0.1, -0.05) is 13.5 Å². The van der Waals surface area contributed by atoms with Crippen molar-refractivity contribution >= 4 is 12.0 Å². The van der Waals surface area contributed by atoms with E-state index in [-0.39, 0.29) is 24.0 Å². The molecule has 0 aliphatic heterocycles. The molecule has 1 rings (SSSR count). The standard InChI is InChI=1S/C15H13F6NO2/c1-3-12(22-13(8-23)9(2)14(16,17)18)10-4-6-11(7-5-10)24-15(19,20)21/h4-8,13H,2-3H2,1H3/b22-12+. The van der Waals surface area contributed by atoms with Crippen LogP contribution in [0.15, 0.2) is 41.4 Å². The summed E-state index contributed by atoms with van der Waals surface area (Å²) in [6.45, 7) is 4.40. The molecule has 0 saturated heterocycles. The Balaban J connectivity index is 3.07. The number of aliphatic imine (C=N–C) groups is 1. The van der Waals surface area contributed by atoms with Crippen molar-refractivity contribution in [2.45, 2.75) is 31.9 Å². The first-order valence-electron chi connectivity index (χ1n) is 6.62. The molecule has 0 aromatic heterocycles. The zero-order chi connectivity index (χ0) is 18.5. The summed E-state index contributed by atoms with van der Waals surface area (Å²) in [6.07, 6.45) is -9.46. The number of hydrogen-bond acceptors (Lipinski definition) is 3. The van der Waals surface area contributed by atoms with E-state index >= 15 is 0 Å². The van der Waals surface area contributed by atoms with Crippen LogP contribution in [-0.4, -0.2) is 30.6 Å². The average molecular weight is 353 g/mol. The molecule has 0 heterocycles. The highest BCUT2D eigenvalue weighted by atomic mass is 19.4. The molecule has 24 heavy (non-hydrogen) atoms. The Kier molecular flexibility index (Phi) is 6.16. The fraction of sp³-hybridized carbons (Fsp3) is 0.333. The summed E-state index contributed by atoms with van der Waals surface area (Å²) < 4.78 is 77.8. The lowest BCUT2D eigenvalue weighted by Gasteiger charge is -2.15. The van der Waals surface area contributed by atoms with Gasteiger partial charge in [0, 0.05) is 5.71 Å². The maximum atomic E-state index is 12.6. The molecule has 1 atom stereocenters. The predicted molar refractivity (Wildman–Crippen MR) is 75.0 cm³/mol. The summed E-state index contributed by atoms with van der Waals surface area (Å²) in [5.74, 6) is -0.478. The van der Waals surface area contributed by atoms with Crippen LogP contribution in [0.5, 0.6) is 5.75 Å². The third-order valence-electron chi connectivity index (χ3n) is 2.90. The largest absolute Gasteiger partial charge is 0.573 e. The zero-order valence-electron chi connectivity index (χ0n) is 12.4. The lowest BCUT2D eigenvalue weighted by atomic mass is 10.1. The molecule has 9 heteroatoms. The molecule has 0 bridgehead atoms. The van der Waals surface area contributed by atoms with Crippen molar-refractivity contribution in [3.63, 3.8) is 0 Å². The van der Waals surface area contributed by atoms with Crippen molar-refractivity contribution in [3.8, 4) is 5.75 Å². The van der Waals surface area contributed by atoms with Gasteiger partial charge in [-0.25, -0.2) is 0 Å². The molecular weight excluding hydrogens is 340 g/mol. The molecular formula is C15H13F6NO2. The Morgan fingerprint density at radius 1 is 1.21 bits per heavy atom. The third kappa shape index (κ3) is 5.71. The average Bonchev–Trinajstić information content (AvgIpc) is 2.46. The zero-order valence-corrected chi connectivity index (χ0v) is 12.4. The highest BCUT2D eigenvalue weighted by molar-refractivity contribution is 6.01. The van der Waals surface area contributed by atoms with E-state index in [2.05, 4.69) is 16.3 Å². The predicted octanol–water partition coefficient (Wildman–Crippen LogP) is 4.47. The number of alkyl halides is 6. The van der Waals surface area contributed by atoms with Gasteiger partial charge in [-0.2, -0.15) is 13.2 Å². The van der Waals surface area contributed by atoms with Crippen LogP contribution in [0.4, 0.5) is 26.3 Å². The lowest BCUT2D eigenvalue weighted by molar-refractivity contribution is -0.274. The van der Waals surface area contributed by atoms with Crippen molar-refractivity contribution in [3.05, 3.63) is 42.0 Å². The Hall–Kier alpha value is -2.32. The highest BCUT2D eigenvalue weighted by Gasteiger charge is 2.37. The second-order valence-corrected chi connectivity index (χ2v) is 4.61. The van der Waals surface area contributed by atoms with Crippen LogP contribution in [0, 0.1) is 0 Å². The highest BCUT2D eigenvalue weighted by Crippen LogP contribution is 2.28. The first-order chi connectivity index (χ1) is 11.0. The van der Waals surface area contributed by atoms with E-state index < -0.39 is 29.9 Å². The van der Waals surface area contributed by atoms with E-state index in [9.17, 15) is 31.1 Å². The minimum atomic E-state index is -4.85. The maximum Gasteiger partial charge on any atom is 0.573 e. The third-order valence-corrected chi connectivity index (χ3v) is 2.90. The van der Waals surface area contributed by atoms with Gasteiger partial charge >= 0.3 is 12.5 Å². The van der Waals surface area contributed by atoms with E-state index in [1.807, 2.05) is 0 Å². The van der Waals surface area contributed by atoms with Gasteiger partial charge in [-0.05, 0) is 36.2 Å². The van der Waals surface area contributed by atoms with Gasteiger partial charge in [0.25, 0.3) is 0 Å². The number of carbonyl (C=O) groups is 1. The topological polar surface area (TPSA) is 38.7 Å². The van der Waals surface area contributed by atoms with Crippen molar-refractivity contribution < 1.29 is 35.9 Å². The summed E-state index contributed by atoms with van der Waals surface area (Å²) in [4.78, 5) is 14.6. The summed E-state index contributed by atoms with van der Waals surface area (Å²) in [7, 11) is 0. The van der Waals surface area contributed by atoms with E-state index in [1.54, 1.807) is 6.92 Å². The lowest BCUT2D eigenvalue weighted by Crippen LogP contribution is -2.24. The van der Waals surface area contributed by atoms with Crippen LogP contribution >= 0.6 is 0 Å². The first kappa shape index (κ1) is 19.7. The summed E-state index contributed by atoms with van der Waals surface area (Å²) in [5.41, 5.74) is -0.926. The maximum absolute atomic E-state index is 12.6. The van der Waals surface area contributed by atoms with Gasteiger partial charge in [-0.3, -0.25) is 4.99 Å². The molecule has 0 saturated carbocycles. The van der Waals surface area contributed by atoms with Crippen LogP contribution in [-0.2, 0) is 4.79 Å². The number of halogens is 6. The number of rotatable bonds is 6. The molecule has 132 valence electrons. The number of hydrogen-bond donors (Lipinski definition) is 0. The monoisotopic (exact) mass is 353 g/mol. The Morgan fingerprint density at radius 3 is 2.12 bits per heavy atom. The second-order valence-electron chi connectivity index (χ2n) is 4.61. The Bertz CT molecular complexity index is 616. The first-order valence-corrected chi connectivity index (χ1v) is 6.62. The molecule has 1 unspecified atom stereocenters. The fourth-order valence-corrected chi connectivity index (χ4v) is 1.74. The second kappa shape index (κ2) is 7.50. The quantitative estimate of drug-likeness (QED) is 0.328. The van der Waals surface area contributed by atoms with E-state index in [4.69, 9.17) is 0 Å².